The van der Waals surface area contributed by atoms with Crippen LogP contribution in [0.1, 0.15) is 54.4 Å². The molecule has 3 rings (SSSR count). The fourth-order valence-corrected chi connectivity index (χ4v) is 3.02. The van der Waals surface area contributed by atoms with Gasteiger partial charge in [0.2, 0.25) is 5.95 Å². The van der Waals surface area contributed by atoms with E-state index in [1.165, 1.54) is 18.4 Å². The number of hydrogen-bond donors (Lipinski definition) is 2. The summed E-state index contributed by atoms with van der Waals surface area (Å²) in [5.74, 6) is 0.340. The summed E-state index contributed by atoms with van der Waals surface area (Å²) in [5, 5.41) is 6.25. The van der Waals surface area contributed by atoms with Crippen LogP contribution in [0.4, 0.5) is 11.6 Å². The SMILES string of the molecule is CCc1ccc(NC(=O)c2cc(C)nc(NC3CCCC3)n2)cc1. The van der Waals surface area contributed by atoms with Crippen LogP contribution in [0.3, 0.4) is 0 Å². The number of nitrogens with one attached hydrogen (secondary N) is 2. The number of anilines is 2. The van der Waals surface area contributed by atoms with Crippen molar-refractivity contribution in [2.24, 2.45) is 0 Å². The minimum Gasteiger partial charge on any atom is -0.351 e. The van der Waals surface area contributed by atoms with Gasteiger partial charge in [-0.15, -0.1) is 0 Å². The number of carbonyl (C=O) groups is 1. The Morgan fingerprint density at radius 2 is 1.88 bits per heavy atom. The maximum absolute atomic E-state index is 12.5. The molecule has 5 nitrogen and oxygen atoms in total. The lowest BCUT2D eigenvalue weighted by atomic mass is 10.1. The summed E-state index contributed by atoms with van der Waals surface area (Å²) < 4.78 is 0. The Labute approximate surface area is 142 Å². The lowest BCUT2D eigenvalue weighted by molar-refractivity contribution is 0.102. The molecule has 0 aliphatic heterocycles. The molecular formula is C19H24N4O. The highest BCUT2D eigenvalue weighted by Crippen LogP contribution is 2.21. The van der Waals surface area contributed by atoms with E-state index in [4.69, 9.17) is 0 Å². The largest absolute Gasteiger partial charge is 0.351 e. The maximum Gasteiger partial charge on any atom is 0.274 e. The summed E-state index contributed by atoms with van der Waals surface area (Å²) in [6.45, 7) is 3.99. The van der Waals surface area contributed by atoms with Gasteiger partial charge in [-0.3, -0.25) is 4.79 Å². The molecular weight excluding hydrogens is 300 g/mol. The number of hydrogen-bond acceptors (Lipinski definition) is 4. The molecule has 1 amide bonds. The molecule has 126 valence electrons. The van der Waals surface area contributed by atoms with Crippen molar-refractivity contribution in [2.75, 3.05) is 10.6 Å². The van der Waals surface area contributed by atoms with Gasteiger partial charge in [0.15, 0.2) is 0 Å². The third kappa shape index (κ3) is 4.10. The lowest BCUT2D eigenvalue weighted by Gasteiger charge is -2.13. The Morgan fingerprint density at radius 3 is 2.54 bits per heavy atom. The molecule has 0 spiro atoms. The summed E-state index contributed by atoms with van der Waals surface area (Å²) in [6, 6.07) is 10.0. The van der Waals surface area contributed by atoms with Crippen LogP contribution in [-0.2, 0) is 6.42 Å². The van der Waals surface area contributed by atoms with E-state index in [1.807, 2.05) is 31.2 Å². The summed E-state index contributed by atoms with van der Waals surface area (Å²) in [4.78, 5) is 21.3. The molecule has 2 N–H and O–H groups in total. The second kappa shape index (κ2) is 7.43. The van der Waals surface area contributed by atoms with E-state index < -0.39 is 0 Å². The maximum atomic E-state index is 12.5. The molecule has 24 heavy (non-hydrogen) atoms. The van der Waals surface area contributed by atoms with Crippen molar-refractivity contribution in [3.8, 4) is 0 Å². The first kappa shape index (κ1) is 16.4. The second-order valence-electron chi connectivity index (χ2n) is 6.35. The van der Waals surface area contributed by atoms with Crippen molar-refractivity contribution in [3.63, 3.8) is 0 Å². The molecule has 1 heterocycles. The van der Waals surface area contributed by atoms with E-state index in [2.05, 4.69) is 27.5 Å². The number of carbonyl (C=O) groups excluding carboxylic acids is 1. The molecule has 2 aromatic rings. The van der Waals surface area contributed by atoms with Gasteiger partial charge < -0.3 is 10.6 Å². The Hall–Kier alpha value is -2.43. The van der Waals surface area contributed by atoms with Gasteiger partial charge in [0.25, 0.3) is 5.91 Å². The highest BCUT2D eigenvalue weighted by Gasteiger charge is 2.17. The lowest BCUT2D eigenvalue weighted by Crippen LogP contribution is -2.20. The van der Waals surface area contributed by atoms with Gasteiger partial charge in [0, 0.05) is 17.4 Å². The van der Waals surface area contributed by atoms with Gasteiger partial charge >= 0.3 is 0 Å². The average molecular weight is 324 g/mol. The zero-order chi connectivity index (χ0) is 16.9. The van der Waals surface area contributed by atoms with E-state index in [9.17, 15) is 4.79 Å². The van der Waals surface area contributed by atoms with Crippen molar-refractivity contribution in [2.45, 2.75) is 52.0 Å². The molecule has 1 fully saturated rings. The molecule has 1 aromatic heterocycles. The first-order chi connectivity index (χ1) is 11.6. The highest BCUT2D eigenvalue weighted by molar-refractivity contribution is 6.03. The summed E-state index contributed by atoms with van der Waals surface area (Å²) in [5.41, 5.74) is 3.20. The van der Waals surface area contributed by atoms with E-state index >= 15 is 0 Å². The minimum atomic E-state index is -0.209. The smallest absolute Gasteiger partial charge is 0.274 e. The van der Waals surface area contributed by atoms with Gasteiger partial charge in [0.05, 0.1) is 0 Å². The number of amides is 1. The predicted octanol–water partition coefficient (Wildman–Crippen LogP) is 3.95. The van der Waals surface area contributed by atoms with Gasteiger partial charge in [-0.2, -0.15) is 0 Å². The number of rotatable bonds is 5. The van der Waals surface area contributed by atoms with Crippen LogP contribution < -0.4 is 10.6 Å². The number of aryl methyl sites for hydroxylation is 2. The fourth-order valence-electron chi connectivity index (χ4n) is 3.02. The molecule has 1 aromatic carbocycles. The van der Waals surface area contributed by atoms with Crippen LogP contribution in [0.25, 0.3) is 0 Å². The molecule has 0 atom stereocenters. The van der Waals surface area contributed by atoms with Crippen molar-refractivity contribution in [1.82, 2.24) is 9.97 Å². The van der Waals surface area contributed by atoms with Crippen LogP contribution in [0.5, 0.6) is 0 Å². The van der Waals surface area contributed by atoms with E-state index in [1.54, 1.807) is 6.07 Å². The third-order valence-electron chi connectivity index (χ3n) is 4.40. The van der Waals surface area contributed by atoms with Crippen LogP contribution in [-0.4, -0.2) is 21.9 Å². The van der Waals surface area contributed by atoms with Crippen LogP contribution in [0.2, 0.25) is 0 Å². The zero-order valence-corrected chi connectivity index (χ0v) is 14.3. The van der Waals surface area contributed by atoms with Crippen molar-refractivity contribution in [3.05, 3.63) is 47.3 Å². The Morgan fingerprint density at radius 1 is 1.17 bits per heavy atom. The topological polar surface area (TPSA) is 66.9 Å². The molecule has 0 bridgehead atoms. The summed E-state index contributed by atoms with van der Waals surface area (Å²) in [6.07, 6.45) is 5.75. The Balaban J connectivity index is 1.72. The van der Waals surface area contributed by atoms with Gasteiger partial charge in [-0.25, -0.2) is 9.97 Å². The van der Waals surface area contributed by atoms with E-state index in [0.717, 1.165) is 30.6 Å². The molecule has 0 unspecified atom stereocenters. The quantitative estimate of drug-likeness (QED) is 0.874. The second-order valence-corrected chi connectivity index (χ2v) is 6.35. The predicted molar refractivity (Wildman–Crippen MR) is 96.4 cm³/mol. The summed E-state index contributed by atoms with van der Waals surface area (Å²) >= 11 is 0. The first-order valence-electron chi connectivity index (χ1n) is 8.66. The van der Waals surface area contributed by atoms with Crippen molar-refractivity contribution >= 4 is 17.5 Å². The van der Waals surface area contributed by atoms with E-state index in [0.29, 0.717) is 17.7 Å². The Kier molecular flexibility index (Phi) is 5.08. The third-order valence-corrected chi connectivity index (χ3v) is 4.40. The van der Waals surface area contributed by atoms with Gasteiger partial charge in [0.1, 0.15) is 5.69 Å². The molecule has 1 saturated carbocycles. The molecule has 1 aliphatic carbocycles. The van der Waals surface area contributed by atoms with Crippen molar-refractivity contribution in [1.29, 1.82) is 0 Å². The average Bonchev–Trinajstić information content (AvgIpc) is 3.08. The molecule has 1 aliphatic rings. The molecule has 0 radical (unpaired) electrons. The van der Waals surface area contributed by atoms with Crippen LogP contribution in [0, 0.1) is 6.92 Å². The monoisotopic (exact) mass is 324 g/mol. The van der Waals surface area contributed by atoms with E-state index in [-0.39, 0.29) is 5.91 Å². The molecule has 0 saturated heterocycles. The Bertz CT molecular complexity index is 706. The zero-order valence-electron chi connectivity index (χ0n) is 14.3. The number of benzene rings is 1. The normalized spacial score (nSPS) is 14.6. The number of aromatic nitrogens is 2. The standard InChI is InChI=1S/C19H24N4O/c1-3-14-8-10-16(11-9-14)21-18(24)17-12-13(2)20-19(23-17)22-15-6-4-5-7-15/h8-12,15H,3-7H2,1-2H3,(H,21,24)(H,20,22,23). The first-order valence-corrected chi connectivity index (χ1v) is 8.66. The van der Waals surface area contributed by atoms with Crippen LogP contribution in [0.15, 0.2) is 30.3 Å². The fraction of sp³-hybridized carbons (Fsp3) is 0.421. The van der Waals surface area contributed by atoms with Gasteiger partial charge in [-0.1, -0.05) is 31.9 Å². The minimum absolute atomic E-state index is 0.209. The summed E-state index contributed by atoms with van der Waals surface area (Å²) in [7, 11) is 0. The number of nitrogens with zero attached hydrogens (tertiary/aromatic N) is 2. The van der Waals surface area contributed by atoms with Crippen molar-refractivity contribution < 1.29 is 4.79 Å². The highest BCUT2D eigenvalue weighted by atomic mass is 16.1. The van der Waals surface area contributed by atoms with Crippen LogP contribution >= 0.6 is 0 Å². The molecule has 5 heteroatoms. The van der Waals surface area contributed by atoms with Gasteiger partial charge in [-0.05, 0) is 49.9 Å².